The van der Waals surface area contributed by atoms with E-state index >= 15 is 0 Å². The number of piperazine rings is 1. The Balaban J connectivity index is 1.46. The summed E-state index contributed by atoms with van der Waals surface area (Å²) in [6.45, 7) is 6.94. The molecule has 2 heterocycles. The third-order valence-corrected chi connectivity index (χ3v) is 7.92. The van der Waals surface area contributed by atoms with Gasteiger partial charge in [-0.05, 0) is 63.4 Å². The van der Waals surface area contributed by atoms with Gasteiger partial charge in [-0.25, -0.2) is 18.1 Å². The molecule has 1 aliphatic rings. The lowest BCUT2D eigenvalue weighted by molar-refractivity contribution is 0.208. The summed E-state index contributed by atoms with van der Waals surface area (Å²) in [5, 5.41) is 16.0. The van der Waals surface area contributed by atoms with Gasteiger partial charge >= 0.3 is 0 Å². The number of hydrogen-bond acceptors (Lipinski definition) is 9. The van der Waals surface area contributed by atoms with Crippen molar-refractivity contribution in [3.05, 3.63) is 59.8 Å². The molecule has 198 valence electrons. The summed E-state index contributed by atoms with van der Waals surface area (Å²) >= 11 is 6.32. The van der Waals surface area contributed by atoms with Gasteiger partial charge in [-0.15, -0.1) is 0 Å². The third-order valence-electron chi connectivity index (χ3n) is 5.95. The Morgan fingerprint density at radius 3 is 2.41 bits per heavy atom. The van der Waals surface area contributed by atoms with Crippen LogP contribution in [-0.2, 0) is 10.0 Å². The summed E-state index contributed by atoms with van der Waals surface area (Å²) in [6.07, 6.45) is 1.48. The van der Waals surface area contributed by atoms with Crippen LogP contribution in [0.2, 0.25) is 5.02 Å². The Bertz CT molecular complexity index is 1330. The Kier molecular flexibility index (Phi) is 8.20. The van der Waals surface area contributed by atoms with Crippen molar-refractivity contribution in [2.24, 2.45) is 0 Å². The lowest BCUT2D eigenvalue weighted by atomic mass is 10.1. The standard InChI is InChI=1S/C25H32ClN7O3S/c1-25(2,17-34)31-37(35,36)21-6-4-5-19(15-21)28-23-22(26)16-27-24(30-23)29-18-7-9-20(10-8-18)33-13-11-32(3)12-14-33/h4-10,15-16,31,34H,11-14,17H2,1-3H3,(H2,27,28,29,30). The highest BCUT2D eigenvalue weighted by Crippen LogP contribution is 2.27. The van der Waals surface area contributed by atoms with E-state index in [9.17, 15) is 13.5 Å². The van der Waals surface area contributed by atoms with Crippen molar-refractivity contribution >= 4 is 50.5 Å². The minimum absolute atomic E-state index is 0.0444. The summed E-state index contributed by atoms with van der Waals surface area (Å²) in [5.41, 5.74) is 1.48. The number of likely N-dealkylation sites (N-methyl/N-ethyl adjacent to an activating group) is 1. The van der Waals surface area contributed by atoms with Crippen molar-refractivity contribution in [3.8, 4) is 0 Å². The fourth-order valence-electron chi connectivity index (χ4n) is 3.80. The van der Waals surface area contributed by atoms with E-state index in [0.29, 0.717) is 17.5 Å². The molecule has 1 aromatic heterocycles. The molecule has 1 aliphatic heterocycles. The van der Waals surface area contributed by atoms with Gasteiger partial charge in [0.15, 0.2) is 5.82 Å². The Hall–Kier alpha value is -2.96. The zero-order valence-corrected chi connectivity index (χ0v) is 22.6. The molecular weight excluding hydrogens is 514 g/mol. The third kappa shape index (κ3) is 7.08. The maximum absolute atomic E-state index is 12.8. The van der Waals surface area contributed by atoms with E-state index in [2.05, 4.69) is 54.3 Å². The van der Waals surface area contributed by atoms with Gasteiger partial charge in [0, 0.05) is 43.2 Å². The number of aromatic nitrogens is 2. The summed E-state index contributed by atoms with van der Waals surface area (Å²) in [5.74, 6) is 0.667. The van der Waals surface area contributed by atoms with E-state index in [0.717, 1.165) is 31.9 Å². The van der Waals surface area contributed by atoms with Gasteiger partial charge in [-0.3, -0.25) is 0 Å². The van der Waals surface area contributed by atoms with Crippen LogP contribution in [0.25, 0.3) is 0 Å². The fourth-order valence-corrected chi connectivity index (χ4v) is 5.39. The van der Waals surface area contributed by atoms with E-state index < -0.39 is 15.6 Å². The van der Waals surface area contributed by atoms with Gasteiger partial charge in [0.05, 0.1) is 23.2 Å². The number of nitrogens with one attached hydrogen (secondary N) is 3. The fraction of sp³-hybridized carbons (Fsp3) is 0.360. The van der Waals surface area contributed by atoms with Gasteiger partial charge in [-0.2, -0.15) is 4.98 Å². The smallest absolute Gasteiger partial charge is 0.241 e. The van der Waals surface area contributed by atoms with Crippen LogP contribution in [0.3, 0.4) is 0 Å². The lowest BCUT2D eigenvalue weighted by Gasteiger charge is -2.34. The zero-order valence-electron chi connectivity index (χ0n) is 21.1. The van der Waals surface area contributed by atoms with Crippen LogP contribution in [0.15, 0.2) is 59.6 Å². The Morgan fingerprint density at radius 2 is 1.73 bits per heavy atom. The summed E-state index contributed by atoms with van der Waals surface area (Å²) in [6, 6.07) is 14.4. The predicted octanol–water partition coefficient (Wildman–Crippen LogP) is 3.42. The van der Waals surface area contributed by atoms with Crippen molar-refractivity contribution in [1.29, 1.82) is 0 Å². The van der Waals surface area contributed by atoms with Crippen LogP contribution < -0.4 is 20.3 Å². The number of benzene rings is 2. The van der Waals surface area contributed by atoms with Crippen LogP contribution in [-0.4, -0.2) is 73.8 Å². The predicted molar refractivity (Wildman–Crippen MR) is 148 cm³/mol. The van der Waals surface area contributed by atoms with Gasteiger partial charge in [0.25, 0.3) is 0 Å². The molecule has 0 atom stereocenters. The highest BCUT2D eigenvalue weighted by molar-refractivity contribution is 7.89. The number of halogens is 1. The Morgan fingerprint density at radius 1 is 1.03 bits per heavy atom. The second-order valence-electron chi connectivity index (χ2n) is 9.65. The topological polar surface area (TPSA) is 123 Å². The number of anilines is 5. The molecule has 0 bridgehead atoms. The number of aliphatic hydroxyl groups is 1. The molecule has 0 unspecified atom stereocenters. The van der Waals surface area contributed by atoms with Gasteiger partial charge in [0.2, 0.25) is 16.0 Å². The van der Waals surface area contributed by atoms with Gasteiger partial charge in [-0.1, -0.05) is 17.7 Å². The first-order valence-electron chi connectivity index (χ1n) is 11.9. The van der Waals surface area contributed by atoms with Crippen LogP contribution in [0.5, 0.6) is 0 Å². The average Bonchev–Trinajstić information content (AvgIpc) is 2.87. The van der Waals surface area contributed by atoms with Gasteiger partial charge < -0.3 is 25.5 Å². The second-order valence-corrected chi connectivity index (χ2v) is 11.7. The second kappa shape index (κ2) is 11.2. The molecule has 4 rings (SSSR count). The van der Waals surface area contributed by atoms with Crippen LogP contribution in [0.4, 0.5) is 28.8 Å². The van der Waals surface area contributed by atoms with Crippen LogP contribution in [0.1, 0.15) is 13.8 Å². The number of hydrogen-bond donors (Lipinski definition) is 4. The molecule has 4 N–H and O–H groups in total. The highest BCUT2D eigenvalue weighted by Gasteiger charge is 2.25. The Labute approximate surface area is 222 Å². The molecule has 10 nitrogen and oxygen atoms in total. The minimum Gasteiger partial charge on any atom is -0.394 e. The SMILES string of the molecule is CN1CCN(c2ccc(Nc3ncc(Cl)c(Nc4cccc(S(=O)(=O)NC(C)(C)CO)c4)n3)cc2)CC1. The number of sulfonamides is 1. The quantitative estimate of drug-likeness (QED) is 0.320. The molecule has 0 saturated carbocycles. The maximum atomic E-state index is 12.8. The summed E-state index contributed by atoms with van der Waals surface area (Å²) in [7, 11) is -1.72. The van der Waals surface area contributed by atoms with Crippen molar-refractivity contribution in [2.45, 2.75) is 24.3 Å². The van der Waals surface area contributed by atoms with E-state index in [-0.39, 0.29) is 16.5 Å². The number of rotatable bonds is 9. The first-order valence-corrected chi connectivity index (χ1v) is 13.8. The van der Waals surface area contributed by atoms with Gasteiger partial charge in [0.1, 0.15) is 5.02 Å². The molecule has 37 heavy (non-hydrogen) atoms. The van der Waals surface area contributed by atoms with Crippen molar-refractivity contribution in [2.75, 3.05) is 55.4 Å². The largest absolute Gasteiger partial charge is 0.394 e. The lowest BCUT2D eigenvalue weighted by Crippen LogP contribution is -2.46. The first kappa shape index (κ1) is 27.1. The average molecular weight is 546 g/mol. The molecule has 0 amide bonds. The van der Waals surface area contributed by atoms with Crippen LogP contribution >= 0.6 is 11.6 Å². The van der Waals surface area contributed by atoms with E-state index in [4.69, 9.17) is 11.6 Å². The van der Waals surface area contributed by atoms with E-state index in [1.807, 2.05) is 12.1 Å². The molecular formula is C25H32ClN7O3S. The summed E-state index contributed by atoms with van der Waals surface area (Å²) in [4.78, 5) is 13.5. The molecule has 12 heteroatoms. The van der Waals surface area contributed by atoms with Crippen LogP contribution in [0, 0.1) is 0 Å². The van der Waals surface area contributed by atoms with Crippen molar-refractivity contribution in [3.63, 3.8) is 0 Å². The van der Waals surface area contributed by atoms with E-state index in [1.54, 1.807) is 26.0 Å². The first-order chi connectivity index (χ1) is 17.5. The molecule has 1 saturated heterocycles. The minimum atomic E-state index is -3.85. The highest BCUT2D eigenvalue weighted by atomic mass is 35.5. The molecule has 0 radical (unpaired) electrons. The normalized spacial score (nSPS) is 15.0. The molecule has 2 aromatic carbocycles. The molecule has 1 fully saturated rings. The summed E-state index contributed by atoms with van der Waals surface area (Å²) < 4.78 is 28.0. The zero-order chi connectivity index (χ0) is 26.6. The molecule has 0 aliphatic carbocycles. The maximum Gasteiger partial charge on any atom is 0.241 e. The molecule has 3 aromatic rings. The number of nitrogens with zero attached hydrogens (tertiary/aromatic N) is 4. The van der Waals surface area contributed by atoms with E-state index in [1.165, 1.54) is 24.0 Å². The monoisotopic (exact) mass is 545 g/mol. The van der Waals surface area contributed by atoms with Crippen molar-refractivity contribution < 1.29 is 13.5 Å². The molecule has 0 spiro atoms. The van der Waals surface area contributed by atoms with Crippen molar-refractivity contribution in [1.82, 2.24) is 19.6 Å². The number of aliphatic hydroxyl groups excluding tert-OH is 1.